The first kappa shape index (κ1) is 17.1. The van der Waals surface area contributed by atoms with E-state index in [-0.39, 0.29) is 12.0 Å². The van der Waals surface area contributed by atoms with Crippen molar-refractivity contribution in [3.63, 3.8) is 0 Å². The van der Waals surface area contributed by atoms with Gasteiger partial charge in [-0.2, -0.15) is 0 Å². The zero-order valence-corrected chi connectivity index (χ0v) is 12.1. The van der Waals surface area contributed by atoms with Gasteiger partial charge in [0.15, 0.2) is 0 Å². The van der Waals surface area contributed by atoms with E-state index in [0.717, 1.165) is 25.7 Å². The monoisotopic (exact) mass is 282 g/mol. The Bertz CT molecular complexity index is 373. The summed E-state index contributed by atoms with van der Waals surface area (Å²) in [6.07, 6.45) is 5.83. The third-order valence-electron chi connectivity index (χ3n) is 3.61. The van der Waals surface area contributed by atoms with Crippen LogP contribution in [0.1, 0.15) is 57.4 Å². The van der Waals surface area contributed by atoms with Crippen molar-refractivity contribution in [2.24, 2.45) is 0 Å². The summed E-state index contributed by atoms with van der Waals surface area (Å²) in [6.45, 7) is 2.14. The molecule has 0 unspecified atom stereocenters. The van der Waals surface area contributed by atoms with Crippen molar-refractivity contribution in [3.05, 3.63) is 35.9 Å². The molecule has 0 amide bonds. The second-order valence-corrected chi connectivity index (χ2v) is 5.37. The summed E-state index contributed by atoms with van der Waals surface area (Å²) in [5.74, 6) is -5.20. The van der Waals surface area contributed by atoms with Gasteiger partial charge in [-0.1, -0.05) is 69.4 Å². The minimum Gasteiger partial charge on any atom is -0.361 e. The average Bonchev–Trinajstić information content (AvgIpc) is 2.43. The zero-order chi connectivity index (χ0) is 15.1. The predicted octanol–water partition coefficient (Wildman–Crippen LogP) is 2.26. The van der Waals surface area contributed by atoms with Crippen molar-refractivity contribution in [3.8, 4) is 0 Å². The van der Waals surface area contributed by atoms with E-state index in [1.54, 1.807) is 18.2 Å². The number of unbranched alkanes of at least 4 members (excludes halogenated alkanes) is 5. The third kappa shape index (κ3) is 4.56. The van der Waals surface area contributed by atoms with E-state index in [0.29, 0.717) is 6.42 Å². The van der Waals surface area contributed by atoms with Gasteiger partial charge in [-0.05, 0) is 6.42 Å². The molecule has 0 spiro atoms. The van der Waals surface area contributed by atoms with E-state index >= 15 is 0 Å². The van der Waals surface area contributed by atoms with Crippen LogP contribution in [0.15, 0.2) is 30.3 Å². The molecular weight excluding hydrogens is 256 g/mol. The number of benzene rings is 1. The van der Waals surface area contributed by atoms with Crippen LogP contribution in [0.4, 0.5) is 0 Å². The van der Waals surface area contributed by atoms with Gasteiger partial charge in [0.2, 0.25) is 11.6 Å². The van der Waals surface area contributed by atoms with Crippen LogP contribution in [-0.2, 0) is 5.79 Å². The smallest absolute Gasteiger partial charge is 0.245 e. The summed E-state index contributed by atoms with van der Waals surface area (Å²) in [5.41, 5.74) is 0.0796. The Morgan fingerprint density at radius 3 is 1.95 bits per heavy atom. The second kappa shape index (κ2) is 7.74. The molecule has 0 saturated heterocycles. The Balaban J connectivity index is 2.50. The lowest BCUT2D eigenvalue weighted by Crippen LogP contribution is -2.51. The number of rotatable bonds is 9. The lowest BCUT2D eigenvalue weighted by Gasteiger charge is -2.35. The first-order chi connectivity index (χ1) is 9.42. The molecule has 0 aromatic heterocycles. The number of hydrogen-bond donors (Lipinski definition) is 4. The van der Waals surface area contributed by atoms with Gasteiger partial charge < -0.3 is 20.4 Å². The van der Waals surface area contributed by atoms with Crippen molar-refractivity contribution in [1.29, 1.82) is 0 Å². The van der Waals surface area contributed by atoms with Crippen molar-refractivity contribution < 1.29 is 20.4 Å². The van der Waals surface area contributed by atoms with Gasteiger partial charge in [0.25, 0.3) is 0 Å². The molecular formula is C16H26O4. The van der Waals surface area contributed by atoms with E-state index in [4.69, 9.17) is 0 Å². The molecule has 0 radical (unpaired) electrons. The Morgan fingerprint density at radius 1 is 0.800 bits per heavy atom. The summed E-state index contributed by atoms with van der Waals surface area (Å²) in [6, 6.07) is 7.89. The van der Waals surface area contributed by atoms with Crippen LogP contribution in [0.2, 0.25) is 0 Å². The summed E-state index contributed by atoms with van der Waals surface area (Å²) in [4.78, 5) is 0. The molecule has 1 aromatic carbocycles. The maximum atomic E-state index is 10.0. The fourth-order valence-electron chi connectivity index (χ4n) is 2.23. The average molecular weight is 282 g/mol. The fourth-order valence-corrected chi connectivity index (χ4v) is 2.23. The van der Waals surface area contributed by atoms with Crippen LogP contribution < -0.4 is 0 Å². The molecule has 1 aromatic rings. The molecule has 4 N–H and O–H groups in total. The highest BCUT2D eigenvalue weighted by molar-refractivity contribution is 5.21. The van der Waals surface area contributed by atoms with E-state index in [9.17, 15) is 20.4 Å². The van der Waals surface area contributed by atoms with Gasteiger partial charge >= 0.3 is 0 Å². The molecule has 0 aliphatic rings. The Labute approximate surface area is 120 Å². The van der Waals surface area contributed by atoms with Gasteiger partial charge in [-0.3, -0.25) is 0 Å². The molecule has 4 heteroatoms. The first-order valence-electron chi connectivity index (χ1n) is 7.37. The lowest BCUT2D eigenvalue weighted by atomic mass is 9.92. The maximum absolute atomic E-state index is 10.0. The summed E-state index contributed by atoms with van der Waals surface area (Å²) in [7, 11) is 0. The Hall–Kier alpha value is -0.940. The number of aliphatic hydroxyl groups is 4. The van der Waals surface area contributed by atoms with Crippen molar-refractivity contribution in [1.82, 2.24) is 0 Å². The molecule has 0 aliphatic heterocycles. The van der Waals surface area contributed by atoms with Crippen LogP contribution in [-0.4, -0.2) is 26.2 Å². The molecule has 0 aliphatic carbocycles. The molecule has 0 fully saturated rings. The highest BCUT2D eigenvalue weighted by atomic mass is 16.6. The molecule has 0 saturated carbocycles. The van der Waals surface area contributed by atoms with Crippen LogP contribution >= 0.6 is 0 Å². The van der Waals surface area contributed by atoms with Gasteiger partial charge in [-0.15, -0.1) is 0 Å². The molecule has 0 bridgehead atoms. The second-order valence-electron chi connectivity index (χ2n) is 5.37. The first-order valence-corrected chi connectivity index (χ1v) is 7.37. The maximum Gasteiger partial charge on any atom is 0.245 e. The topological polar surface area (TPSA) is 80.9 Å². The highest BCUT2D eigenvalue weighted by Gasteiger charge is 2.47. The van der Waals surface area contributed by atoms with Gasteiger partial charge in [0.1, 0.15) is 0 Å². The van der Waals surface area contributed by atoms with Gasteiger partial charge in [0, 0.05) is 12.0 Å². The summed E-state index contributed by atoms with van der Waals surface area (Å²) >= 11 is 0. The van der Waals surface area contributed by atoms with E-state index in [1.165, 1.54) is 18.6 Å². The van der Waals surface area contributed by atoms with E-state index < -0.39 is 11.6 Å². The van der Waals surface area contributed by atoms with E-state index in [1.807, 2.05) is 0 Å². The SMILES string of the molecule is CCCCCCCCC(O)(O)C(O)(O)c1ccccc1. The third-order valence-corrected chi connectivity index (χ3v) is 3.61. The molecule has 4 nitrogen and oxygen atoms in total. The standard InChI is InChI=1S/C16H26O4/c1-2-3-4-5-6-10-13-15(17,18)16(19,20)14-11-8-7-9-12-14/h7-9,11-12,17-20H,2-6,10,13H2,1H3. The normalized spacial score (nSPS) is 12.7. The minimum absolute atomic E-state index is 0.0684. The lowest BCUT2D eigenvalue weighted by molar-refractivity contribution is -0.368. The predicted molar refractivity (Wildman–Crippen MR) is 77.7 cm³/mol. The quantitative estimate of drug-likeness (QED) is 0.414. The van der Waals surface area contributed by atoms with Crippen LogP contribution in [0.5, 0.6) is 0 Å². The van der Waals surface area contributed by atoms with Crippen LogP contribution in [0.3, 0.4) is 0 Å². The van der Waals surface area contributed by atoms with E-state index in [2.05, 4.69) is 6.92 Å². The Kier molecular flexibility index (Phi) is 6.62. The van der Waals surface area contributed by atoms with Crippen molar-refractivity contribution in [2.75, 3.05) is 0 Å². The number of hydrogen-bond acceptors (Lipinski definition) is 4. The van der Waals surface area contributed by atoms with Crippen LogP contribution in [0, 0.1) is 0 Å². The molecule has 0 heterocycles. The fraction of sp³-hybridized carbons (Fsp3) is 0.625. The van der Waals surface area contributed by atoms with Crippen LogP contribution in [0.25, 0.3) is 0 Å². The van der Waals surface area contributed by atoms with Gasteiger partial charge in [-0.25, -0.2) is 0 Å². The van der Waals surface area contributed by atoms with Gasteiger partial charge in [0.05, 0.1) is 0 Å². The van der Waals surface area contributed by atoms with Crippen molar-refractivity contribution in [2.45, 2.75) is 63.4 Å². The minimum atomic E-state index is -2.66. The zero-order valence-electron chi connectivity index (χ0n) is 12.1. The summed E-state index contributed by atoms with van der Waals surface area (Å²) in [5, 5.41) is 39.9. The largest absolute Gasteiger partial charge is 0.361 e. The summed E-state index contributed by atoms with van der Waals surface area (Å²) < 4.78 is 0. The molecule has 114 valence electrons. The molecule has 0 atom stereocenters. The highest BCUT2D eigenvalue weighted by Crippen LogP contribution is 2.32. The molecule has 1 rings (SSSR count). The molecule has 20 heavy (non-hydrogen) atoms. The Morgan fingerprint density at radius 2 is 1.35 bits per heavy atom. The van der Waals surface area contributed by atoms with Crippen molar-refractivity contribution >= 4 is 0 Å².